The molecular formula is C17H13FN4O4S. The van der Waals surface area contributed by atoms with Crippen molar-refractivity contribution in [1.82, 2.24) is 14.5 Å². The lowest BCUT2D eigenvalue weighted by Crippen LogP contribution is -2.50. The first-order chi connectivity index (χ1) is 12.9. The number of fused-ring (bicyclic) bond motifs is 1. The number of hydrogen-bond donors (Lipinski definition) is 1. The van der Waals surface area contributed by atoms with Gasteiger partial charge in [-0.15, -0.1) is 11.3 Å². The van der Waals surface area contributed by atoms with Gasteiger partial charge in [-0.05, 0) is 13.0 Å². The zero-order valence-corrected chi connectivity index (χ0v) is 14.9. The van der Waals surface area contributed by atoms with E-state index in [-0.39, 0.29) is 28.6 Å². The SMILES string of the molecule is CC(=O)C1CN(c2nc3c(cc2F)c(=O)c(C(=O)O)cn3-c2nccs2)C1. The number of carboxylic acid groups (broad SMARTS) is 1. The lowest BCUT2D eigenvalue weighted by molar-refractivity contribution is -0.121. The molecule has 1 aliphatic rings. The average Bonchev–Trinajstić information content (AvgIpc) is 3.08. The number of carbonyl (C=O) groups excluding carboxylic acids is 1. The molecule has 1 saturated heterocycles. The predicted octanol–water partition coefficient (Wildman–Crippen LogP) is 1.70. The molecule has 27 heavy (non-hydrogen) atoms. The molecule has 0 radical (unpaired) electrons. The fourth-order valence-corrected chi connectivity index (χ4v) is 3.60. The van der Waals surface area contributed by atoms with Crippen LogP contribution in [0.2, 0.25) is 0 Å². The third-order valence-corrected chi connectivity index (χ3v) is 5.30. The van der Waals surface area contributed by atoms with E-state index in [0.29, 0.717) is 18.2 Å². The van der Waals surface area contributed by atoms with Gasteiger partial charge in [-0.2, -0.15) is 0 Å². The van der Waals surface area contributed by atoms with Crippen molar-refractivity contribution in [1.29, 1.82) is 0 Å². The summed E-state index contributed by atoms with van der Waals surface area (Å²) >= 11 is 1.22. The molecule has 10 heteroatoms. The van der Waals surface area contributed by atoms with E-state index in [1.54, 1.807) is 10.3 Å². The molecule has 138 valence electrons. The summed E-state index contributed by atoms with van der Waals surface area (Å²) in [6, 6.07) is 0.998. The summed E-state index contributed by atoms with van der Waals surface area (Å²) in [4.78, 5) is 45.3. The van der Waals surface area contributed by atoms with Crippen LogP contribution in [0.3, 0.4) is 0 Å². The van der Waals surface area contributed by atoms with Crippen molar-refractivity contribution in [3.8, 4) is 5.13 Å². The molecule has 0 aliphatic carbocycles. The van der Waals surface area contributed by atoms with E-state index in [0.717, 1.165) is 12.3 Å². The van der Waals surface area contributed by atoms with Crippen molar-refractivity contribution in [2.75, 3.05) is 18.0 Å². The molecule has 0 atom stereocenters. The first-order valence-electron chi connectivity index (χ1n) is 8.01. The molecule has 0 spiro atoms. The normalized spacial score (nSPS) is 14.4. The Labute approximate surface area is 155 Å². The van der Waals surface area contributed by atoms with Crippen molar-refractivity contribution < 1.29 is 19.1 Å². The Morgan fingerprint density at radius 1 is 1.37 bits per heavy atom. The Morgan fingerprint density at radius 3 is 2.70 bits per heavy atom. The first kappa shape index (κ1) is 17.3. The second-order valence-electron chi connectivity index (χ2n) is 6.24. The predicted molar refractivity (Wildman–Crippen MR) is 96.3 cm³/mol. The van der Waals surface area contributed by atoms with E-state index >= 15 is 0 Å². The van der Waals surface area contributed by atoms with E-state index in [1.165, 1.54) is 29.0 Å². The molecule has 1 fully saturated rings. The van der Waals surface area contributed by atoms with Crippen molar-refractivity contribution in [2.24, 2.45) is 5.92 Å². The number of carbonyl (C=O) groups is 2. The van der Waals surface area contributed by atoms with Gasteiger partial charge in [0, 0.05) is 30.9 Å². The smallest absolute Gasteiger partial charge is 0.341 e. The summed E-state index contributed by atoms with van der Waals surface area (Å²) in [7, 11) is 0. The van der Waals surface area contributed by atoms with Crippen LogP contribution in [0.15, 0.2) is 28.6 Å². The van der Waals surface area contributed by atoms with Gasteiger partial charge in [0.05, 0.1) is 11.3 Å². The molecule has 4 heterocycles. The number of aromatic nitrogens is 3. The number of pyridine rings is 2. The molecule has 3 aromatic heterocycles. The zero-order chi connectivity index (χ0) is 19.3. The Kier molecular flexibility index (Phi) is 3.99. The van der Waals surface area contributed by atoms with E-state index in [2.05, 4.69) is 9.97 Å². The summed E-state index contributed by atoms with van der Waals surface area (Å²) in [6.07, 6.45) is 2.68. The van der Waals surface area contributed by atoms with Crippen molar-refractivity contribution in [2.45, 2.75) is 6.92 Å². The quantitative estimate of drug-likeness (QED) is 0.725. The van der Waals surface area contributed by atoms with Crippen molar-refractivity contribution in [3.63, 3.8) is 0 Å². The number of thiazole rings is 1. The number of hydrogen-bond acceptors (Lipinski definition) is 7. The number of anilines is 1. The van der Waals surface area contributed by atoms with E-state index < -0.39 is 22.8 Å². The largest absolute Gasteiger partial charge is 0.477 e. The number of ketones is 1. The van der Waals surface area contributed by atoms with Crippen LogP contribution in [-0.4, -0.2) is 44.5 Å². The highest BCUT2D eigenvalue weighted by Crippen LogP contribution is 2.29. The summed E-state index contributed by atoms with van der Waals surface area (Å²) in [5.41, 5.74) is -1.19. The molecule has 0 aromatic carbocycles. The maximum Gasteiger partial charge on any atom is 0.341 e. The van der Waals surface area contributed by atoms with Crippen molar-refractivity contribution in [3.05, 3.63) is 45.4 Å². The third kappa shape index (κ3) is 2.78. The van der Waals surface area contributed by atoms with Crippen LogP contribution in [0.5, 0.6) is 0 Å². The number of nitrogens with zero attached hydrogens (tertiary/aromatic N) is 4. The number of Topliss-reactive ketones (excluding diaryl/α,β-unsaturated/α-hetero) is 1. The molecule has 8 nitrogen and oxygen atoms in total. The first-order valence-corrected chi connectivity index (χ1v) is 8.89. The molecule has 0 bridgehead atoms. The minimum absolute atomic E-state index is 0.0211. The van der Waals surface area contributed by atoms with Gasteiger partial charge >= 0.3 is 5.97 Å². The van der Waals surface area contributed by atoms with Gasteiger partial charge in [0.2, 0.25) is 5.43 Å². The van der Waals surface area contributed by atoms with Gasteiger partial charge in [0.1, 0.15) is 11.3 Å². The van der Waals surface area contributed by atoms with Crippen LogP contribution in [-0.2, 0) is 4.79 Å². The Bertz CT molecular complexity index is 1140. The highest BCUT2D eigenvalue weighted by atomic mass is 32.1. The van der Waals surface area contributed by atoms with E-state index in [9.17, 15) is 23.9 Å². The van der Waals surface area contributed by atoms with Gasteiger partial charge < -0.3 is 10.0 Å². The highest BCUT2D eigenvalue weighted by molar-refractivity contribution is 7.12. The van der Waals surface area contributed by atoms with Gasteiger partial charge in [-0.1, -0.05) is 0 Å². The van der Waals surface area contributed by atoms with Gasteiger partial charge in [0.25, 0.3) is 0 Å². The van der Waals surface area contributed by atoms with Crippen LogP contribution < -0.4 is 10.3 Å². The maximum absolute atomic E-state index is 14.6. The van der Waals surface area contributed by atoms with E-state index in [4.69, 9.17) is 0 Å². The number of aromatic carboxylic acids is 1. The number of carboxylic acids is 1. The topological polar surface area (TPSA) is 105 Å². The minimum atomic E-state index is -1.41. The molecule has 0 saturated carbocycles. The zero-order valence-electron chi connectivity index (χ0n) is 14.0. The lowest BCUT2D eigenvalue weighted by atomic mass is 9.96. The van der Waals surface area contributed by atoms with Crippen LogP contribution in [0, 0.1) is 11.7 Å². The van der Waals surface area contributed by atoms with E-state index in [1.807, 2.05) is 0 Å². The number of halogens is 1. The summed E-state index contributed by atoms with van der Waals surface area (Å²) in [5, 5.41) is 11.3. The second kappa shape index (κ2) is 6.23. The molecule has 1 N–H and O–H groups in total. The minimum Gasteiger partial charge on any atom is -0.477 e. The van der Waals surface area contributed by atoms with Gasteiger partial charge in [0.15, 0.2) is 22.4 Å². The summed E-state index contributed by atoms with van der Waals surface area (Å²) < 4.78 is 16.0. The molecule has 4 rings (SSSR count). The third-order valence-electron chi connectivity index (χ3n) is 4.52. The Balaban J connectivity index is 1.93. The fourth-order valence-electron chi connectivity index (χ4n) is 2.98. The van der Waals surface area contributed by atoms with Crippen LogP contribution >= 0.6 is 11.3 Å². The van der Waals surface area contributed by atoms with Crippen LogP contribution in [0.1, 0.15) is 17.3 Å². The standard InChI is InChI=1S/C17H13FN4O4S/c1-8(23)9-5-21(6-9)15-12(18)4-10-13(24)11(16(25)26)7-22(14(10)20-15)17-19-2-3-27-17/h2-4,7,9H,5-6H2,1H3,(H,25,26). The monoisotopic (exact) mass is 388 g/mol. The average molecular weight is 388 g/mol. The molecule has 3 aromatic rings. The summed E-state index contributed by atoms with van der Waals surface area (Å²) in [5.74, 6) is -2.28. The van der Waals surface area contributed by atoms with Crippen LogP contribution in [0.4, 0.5) is 10.2 Å². The van der Waals surface area contributed by atoms with Gasteiger partial charge in [-0.3, -0.25) is 14.2 Å². The molecule has 0 unspecified atom stereocenters. The lowest BCUT2D eigenvalue weighted by Gasteiger charge is -2.38. The highest BCUT2D eigenvalue weighted by Gasteiger charge is 2.33. The second-order valence-corrected chi connectivity index (χ2v) is 7.11. The van der Waals surface area contributed by atoms with Crippen LogP contribution in [0.25, 0.3) is 16.2 Å². The molecular weight excluding hydrogens is 375 g/mol. The van der Waals surface area contributed by atoms with Crippen molar-refractivity contribution >= 4 is 39.9 Å². The molecule has 1 aliphatic heterocycles. The Hall–Kier alpha value is -3.14. The maximum atomic E-state index is 14.6. The Morgan fingerprint density at radius 2 is 2.11 bits per heavy atom. The van der Waals surface area contributed by atoms with Gasteiger partial charge in [-0.25, -0.2) is 19.2 Å². The molecule has 0 amide bonds. The fraction of sp³-hybridized carbons (Fsp3) is 0.235. The number of rotatable bonds is 4. The summed E-state index contributed by atoms with van der Waals surface area (Å²) in [6.45, 7) is 2.18.